The molecule has 0 saturated carbocycles. The van der Waals surface area contributed by atoms with Crippen molar-refractivity contribution in [2.45, 2.75) is 25.7 Å². The summed E-state index contributed by atoms with van der Waals surface area (Å²) >= 11 is 1.67. The van der Waals surface area contributed by atoms with Crippen LogP contribution in [-0.4, -0.2) is 23.9 Å². The van der Waals surface area contributed by atoms with Gasteiger partial charge in [-0.15, -0.1) is 11.3 Å². The van der Waals surface area contributed by atoms with Gasteiger partial charge in [0.25, 0.3) is 0 Å². The Labute approximate surface area is 130 Å². The zero-order chi connectivity index (χ0) is 14.5. The van der Waals surface area contributed by atoms with Gasteiger partial charge < -0.3 is 4.90 Å². The number of likely N-dealkylation sites (tertiary alicyclic amines) is 1. The highest BCUT2D eigenvalue weighted by Crippen LogP contribution is 2.22. The molecule has 110 valence electrons. The first kappa shape index (κ1) is 14.3. The van der Waals surface area contributed by atoms with Gasteiger partial charge in [0.2, 0.25) is 5.91 Å². The van der Waals surface area contributed by atoms with E-state index in [4.69, 9.17) is 0 Å². The molecule has 3 rings (SSSR count). The zero-order valence-electron chi connectivity index (χ0n) is 12.2. The molecule has 1 saturated heterocycles. The summed E-state index contributed by atoms with van der Waals surface area (Å²) in [6, 6.07) is 14.7. The number of carbonyl (C=O) groups excluding carboxylic acids is 1. The molecule has 1 aromatic heterocycles. The van der Waals surface area contributed by atoms with E-state index in [1.54, 1.807) is 11.3 Å². The molecule has 1 aromatic carbocycles. The summed E-state index contributed by atoms with van der Waals surface area (Å²) in [5, 5.41) is 2.04. The largest absolute Gasteiger partial charge is 0.342 e. The van der Waals surface area contributed by atoms with E-state index in [9.17, 15) is 4.79 Å². The van der Waals surface area contributed by atoms with Gasteiger partial charge in [0, 0.05) is 18.0 Å². The van der Waals surface area contributed by atoms with Gasteiger partial charge in [-0.3, -0.25) is 4.79 Å². The monoisotopic (exact) mass is 299 g/mol. The minimum Gasteiger partial charge on any atom is -0.342 e. The van der Waals surface area contributed by atoms with Crippen molar-refractivity contribution in [3.05, 3.63) is 58.3 Å². The van der Waals surface area contributed by atoms with Crippen LogP contribution in [0.2, 0.25) is 0 Å². The van der Waals surface area contributed by atoms with Crippen molar-refractivity contribution < 1.29 is 4.79 Å². The smallest absolute Gasteiger partial charge is 0.227 e. The minimum absolute atomic E-state index is 0.288. The number of thiophene rings is 1. The second kappa shape index (κ2) is 6.90. The molecule has 1 fully saturated rings. The van der Waals surface area contributed by atoms with Crippen LogP contribution in [0.3, 0.4) is 0 Å². The third kappa shape index (κ3) is 3.94. The van der Waals surface area contributed by atoms with E-state index in [1.807, 2.05) is 22.4 Å². The maximum atomic E-state index is 12.3. The van der Waals surface area contributed by atoms with Gasteiger partial charge in [-0.25, -0.2) is 0 Å². The molecule has 0 radical (unpaired) electrons. The second-order valence-corrected chi connectivity index (χ2v) is 6.80. The molecule has 0 bridgehead atoms. The van der Waals surface area contributed by atoms with Crippen LogP contribution >= 0.6 is 11.3 Å². The van der Waals surface area contributed by atoms with Gasteiger partial charge in [-0.2, -0.15) is 0 Å². The molecule has 1 aliphatic rings. The van der Waals surface area contributed by atoms with Crippen molar-refractivity contribution in [1.29, 1.82) is 0 Å². The van der Waals surface area contributed by atoms with Crippen LogP contribution in [0.5, 0.6) is 0 Å². The molecular formula is C18H21NOS. The molecule has 1 aliphatic heterocycles. The van der Waals surface area contributed by atoms with Crippen molar-refractivity contribution in [3.8, 4) is 0 Å². The molecule has 0 unspecified atom stereocenters. The van der Waals surface area contributed by atoms with E-state index in [1.165, 1.54) is 10.4 Å². The SMILES string of the molecule is O=C(Cc1cccs1)N1CCC(Cc2ccccc2)CC1. The Morgan fingerprint density at radius 1 is 1.10 bits per heavy atom. The average molecular weight is 299 g/mol. The summed E-state index contributed by atoms with van der Waals surface area (Å²) in [5.41, 5.74) is 1.42. The van der Waals surface area contributed by atoms with Crippen LogP contribution in [0.15, 0.2) is 47.8 Å². The quantitative estimate of drug-likeness (QED) is 0.841. The molecule has 2 heterocycles. The number of piperidine rings is 1. The fourth-order valence-electron chi connectivity index (χ4n) is 3.01. The van der Waals surface area contributed by atoms with Gasteiger partial charge in [-0.05, 0) is 42.2 Å². The zero-order valence-corrected chi connectivity index (χ0v) is 13.0. The summed E-state index contributed by atoms with van der Waals surface area (Å²) in [6.07, 6.45) is 3.98. The van der Waals surface area contributed by atoms with Crippen LogP contribution in [0, 0.1) is 5.92 Å². The summed E-state index contributed by atoms with van der Waals surface area (Å²) < 4.78 is 0. The lowest BCUT2D eigenvalue weighted by Gasteiger charge is -2.32. The van der Waals surface area contributed by atoms with Crippen LogP contribution < -0.4 is 0 Å². The maximum absolute atomic E-state index is 12.3. The molecule has 21 heavy (non-hydrogen) atoms. The summed E-state index contributed by atoms with van der Waals surface area (Å²) in [4.78, 5) is 15.5. The molecule has 0 atom stereocenters. The Bertz CT molecular complexity index is 556. The Hall–Kier alpha value is -1.61. The highest BCUT2D eigenvalue weighted by atomic mass is 32.1. The lowest BCUT2D eigenvalue weighted by Crippen LogP contribution is -2.39. The van der Waals surface area contributed by atoms with Crippen molar-refractivity contribution >= 4 is 17.2 Å². The molecular weight excluding hydrogens is 278 g/mol. The molecule has 0 spiro atoms. The fourth-order valence-corrected chi connectivity index (χ4v) is 3.70. The average Bonchev–Trinajstić information content (AvgIpc) is 3.02. The first-order chi connectivity index (χ1) is 10.3. The molecule has 0 aliphatic carbocycles. The lowest BCUT2D eigenvalue weighted by atomic mass is 9.90. The van der Waals surface area contributed by atoms with Crippen LogP contribution in [0.1, 0.15) is 23.3 Å². The Kier molecular flexibility index (Phi) is 4.71. The first-order valence-electron chi connectivity index (χ1n) is 7.65. The van der Waals surface area contributed by atoms with Crippen molar-refractivity contribution in [2.24, 2.45) is 5.92 Å². The predicted molar refractivity (Wildman–Crippen MR) is 87.5 cm³/mol. The van der Waals surface area contributed by atoms with Crippen LogP contribution in [0.25, 0.3) is 0 Å². The van der Waals surface area contributed by atoms with E-state index in [0.29, 0.717) is 6.42 Å². The maximum Gasteiger partial charge on any atom is 0.227 e. The van der Waals surface area contributed by atoms with Crippen LogP contribution in [-0.2, 0) is 17.6 Å². The van der Waals surface area contributed by atoms with Gasteiger partial charge in [0.1, 0.15) is 0 Å². The number of hydrogen-bond donors (Lipinski definition) is 0. The standard InChI is InChI=1S/C18H21NOS/c20-18(14-17-7-4-12-21-17)19-10-8-16(9-11-19)13-15-5-2-1-3-6-15/h1-7,12,16H,8-11,13-14H2. The Balaban J connectivity index is 1.47. The van der Waals surface area contributed by atoms with E-state index < -0.39 is 0 Å². The number of carbonyl (C=O) groups is 1. The highest BCUT2D eigenvalue weighted by molar-refractivity contribution is 7.10. The lowest BCUT2D eigenvalue weighted by molar-refractivity contribution is -0.131. The first-order valence-corrected chi connectivity index (χ1v) is 8.53. The Morgan fingerprint density at radius 3 is 2.52 bits per heavy atom. The second-order valence-electron chi connectivity index (χ2n) is 5.77. The molecule has 3 heteroatoms. The third-order valence-electron chi connectivity index (χ3n) is 4.24. The molecule has 1 amide bonds. The number of amides is 1. The Morgan fingerprint density at radius 2 is 1.86 bits per heavy atom. The number of nitrogens with zero attached hydrogens (tertiary/aromatic N) is 1. The van der Waals surface area contributed by atoms with E-state index in [0.717, 1.165) is 38.3 Å². The summed E-state index contributed by atoms with van der Waals surface area (Å²) in [5.74, 6) is 1.01. The van der Waals surface area contributed by atoms with E-state index in [-0.39, 0.29) is 5.91 Å². The van der Waals surface area contributed by atoms with Gasteiger partial charge in [-0.1, -0.05) is 36.4 Å². The van der Waals surface area contributed by atoms with Crippen molar-refractivity contribution in [1.82, 2.24) is 4.90 Å². The van der Waals surface area contributed by atoms with Crippen LogP contribution in [0.4, 0.5) is 0 Å². The number of hydrogen-bond acceptors (Lipinski definition) is 2. The van der Waals surface area contributed by atoms with E-state index in [2.05, 4.69) is 30.3 Å². The molecule has 2 aromatic rings. The molecule has 0 N–H and O–H groups in total. The molecule has 2 nitrogen and oxygen atoms in total. The number of rotatable bonds is 4. The van der Waals surface area contributed by atoms with Gasteiger partial charge in [0.15, 0.2) is 0 Å². The van der Waals surface area contributed by atoms with Crippen molar-refractivity contribution in [2.75, 3.05) is 13.1 Å². The van der Waals surface area contributed by atoms with Gasteiger partial charge in [0.05, 0.1) is 6.42 Å². The predicted octanol–water partition coefficient (Wildman–Crippen LogP) is 3.77. The van der Waals surface area contributed by atoms with Gasteiger partial charge >= 0.3 is 0 Å². The normalized spacial score (nSPS) is 16.1. The topological polar surface area (TPSA) is 20.3 Å². The summed E-state index contributed by atoms with van der Waals surface area (Å²) in [6.45, 7) is 1.84. The third-order valence-corrected chi connectivity index (χ3v) is 5.12. The minimum atomic E-state index is 0.288. The van der Waals surface area contributed by atoms with E-state index >= 15 is 0 Å². The number of benzene rings is 1. The van der Waals surface area contributed by atoms with Crippen molar-refractivity contribution in [3.63, 3.8) is 0 Å². The summed E-state index contributed by atoms with van der Waals surface area (Å²) in [7, 11) is 0. The fraction of sp³-hybridized carbons (Fsp3) is 0.389. The highest BCUT2D eigenvalue weighted by Gasteiger charge is 2.23.